The smallest absolute Gasteiger partial charge is 0.265 e. The maximum atomic E-state index is 13.3. The van der Waals surface area contributed by atoms with Crippen molar-refractivity contribution in [3.05, 3.63) is 95.9 Å². The first-order valence-corrected chi connectivity index (χ1v) is 10.7. The highest BCUT2D eigenvalue weighted by Gasteiger charge is 2.42. The van der Waals surface area contributed by atoms with Gasteiger partial charge in [0.1, 0.15) is 12.2 Å². The van der Waals surface area contributed by atoms with E-state index in [1.807, 2.05) is 0 Å². The Morgan fingerprint density at radius 2 is 1.71 bits per heavy atom. The molecule has 1 amide bonds. The molecule has 3 aromatic rings. The Bertz CT molecular complexity index is 1290. The number of carbonyl (C=O) groups is 2. The van der Waals surface area contributed by atoms with E-state index in [-0.39, 0.29) is 16.0 Å². The van der Waals surface area contributed by atoms with Crippen molar-refractivity contribution in [3.8, 4) is 0 Å². The lowest BCUT2D eigenvalue weighted by Crippen LogP contribution is -2.43. The number of aromatic nitrogens is 1. The summed E-state index contributed by atoms with van der Waals surface area (Å²) in [5, 5.41) is 13.4. The highest BCUT2D eigenvalue weighted by molar-refractivity contribution is 7.89. The van der Waals surface area contributed by atoms with Crippen molar-refractivity contribution in [2.75, 3.05) is 11.9 Å². The van der Waals surface area contributed by atoms with Gasteiger partial charge < -0.3 is 10.4 Å². The number of nitrogens with zero attached hydrogens (tertiary/aromatic N) is 2. The molecule has 2 N–H and O–H groups in total. The summed E-state index contributed by atoms with van der Waals surface area (Å²) < 4.78 is 27.3. The number of hydrogen-bond donors (Lipinski definition) is 2. The van der Waals surface area contributed by atoms with Gasteiger partial charge in [-0.25, -0.2) is 12.7 Å². The molecule has 1 aliphatic heterocycles. The van der Waals surface area contributed by atoms with Crippen molar-refractivity contribution in [3.63, 3.8) is 0 Å². The van der Waals surface area contributed by atoms with Crippen LogP contribution in [0, 0.1) is 0 Å². The number of anilines is 1. The highest BCUT2D eigenvalue weighted by Crippen LogP contribution is 2.35. The number of benzene rings is 2. The number of carbonyl (C=O) groups excluding carboxylic acids is 2. The lowest BCUT2D eigenvalue weighted by Gasteiger charge is -2.31. The Labute approximate surface area is 178 Å². The van der Waals surface area contributed by atoms with E-state index in [0.717, 1.165) is 0 Å². The van der Waals surface area contributed by atoms with E-state index in [0.29, 0.717) is 9.99 Å². The van der Waals surface area contributed by atoms with Crippen molar-refractivity contribution in [1.82, 2.24) is 9.29 Å². The maximum absolute atomic E-state index is 13.3. The lowest BCUT2D eigenvalue weighted by atomic mass is 10.0. The Morgan fingerprint density at radius 1 is 1.00 bits per heavy atom. The third-order valence-electron chi connectivity index (χ3n) is 4.67. The molecule has 0 bridgehead atoms. The molecule has 0 radical (unpaired) electrons. The lowest BCUT2D eigenvalue weighted by molar-refractivity contribution is -0.116. The molecule has 4 rings (SSSR count). The van der Waals surface area contributed by atoms with Crippen LogP contribution in [0.25, 0.3) is 5.76 Å². The molecule has 9 heteroatoms. The maximum Gasteiger partial charge on any atom is 0.265 e. The van der Waals surface area contributed by atoms with Gasteiger partial charge in [-0.15, -0.1) is 0 Å². The largest absolute Gasteiger partial charge is 0.505 e. The molecule has 1 aromatic heterocycles. The van der Waals surface area contributed by atoms with Gasteiger partial charge in [0.2, 0.25) is 11.7 Å². The molecule has 31 heavy (non-hydrogen) atoms. The predicted molar refractivity (Wildman–Crippen MR) is 114 cm³/mol. The second-order valence-electron chi connectivity index (χ2n) is 6.69. The number of nitrogens with one attached hydrogen (secondary N) is 1. The summed E-state index contributed by atoms with van der Waals surface area (Å²) in [5.41, 5.74) is 0.0691. The quantitative estimate of drug-likeness (QED) is 0.481. The molecular formula is C22H17N3O5S. The third kappa shape index (κ3) is 3.78. The number of fused-ring (bicyclic) bond motifs is 1. The number of hydrogen-bond acceptors (Lipinski definition) is 6. The SMILES string of the molecule is O=C(CN1/C(=C(/O)c2ccccc2)C(=O)c2ccccc2S1(=O)=O)Nc1cccnc1. The number of ketones is 1. The van der Waals surface area contributed by atoms with Gasteiger partial charge in [0.05, 0.1) is 16.8 Å². The fourth-order valence-electron chi connectivity index (χ4n) is 3.25. The van der Waals surface area contributed by atoms with E-state index in [4.69, 9.17) is 0 Å². The molecule has 156 valence electrons. The molecule has 1 aliphatic rings. The van der Waals surface area contributed by atoms with Crippen molar-refractivity contribution in [1.29, 1.82) is 0 Å². The second-order valence-corrected chi connectivity index (χ2v) is 8.52. The normalized spacial score (nSPS) is 16.4. The number of pyridine rings is 1. The molecule has 0 unspecified atom stereocenters. The molecule has 2 aromatic carbocycles. The molecule has 0 aliphatic carbocycles. The average Bonchev–Trinajstić information content (AvgIpc) is 2.79. The molecule has 2 heterocycles. The first kappa shape index (κ1) is 20.3. The van der Waals surface area contributed by atoms with Crippen LogP contribution in [0.5, 0.6) is 0 Å². The van der Waals surface area contributed by atoms with Gasteiger partial charge >= 0.3 is 0 Å². The fraction of sp³-hybridized carbons (Fsp3) is 0.0455. The summed E-state index contributed by atoms with van der Waals surface area (Å²) in [7, 11) is -4.29. The molecule has 0 atom stereocenters. The first-order valence-electron chi connectivity index (χ1n) is 9.24. The van der Waals surface area contributed by atoms with E-state index in [9.17, 15) is 23.1 Å². The Morgan fingerprint density at radius 3 is 2.42 bits per heavy atom. The second kappa shape index (κ2) is 8.04. The minimum atomic E-state index is -4.29. The van der Waals surface area contributed by atoms with Crippen LogP contribution in [0.3, 0.4) is 0 Å². The van der Waals surface area contributed by atoms with Gasteiger partial charge in [0.15, 0.2) is 5.76 Å². The number of allylic oxidation sites excluding steroid dienone is 1. The summed E-state index contributed by atoms with van der Waals surface area (Å²) in [6.45, 7) is -0.705. The van der Waals surface area contributed by atoms with E-state index in [1.54, 1.807) is 30.3 Å². The van der Waals surface area contributed by atoms with E-state index < -0.39 is 39.7 Å². The monoisotopic (exact) mass is 435 g/mol. The van der Waals surface area contributed by atoms with Gasteiger partial charge in [-0.1, -0.05) is 42.5 Å². The number of Topliss-reactive ketones (excluding diaryl/α,β-unsaturated/α-hetero) is 1. The van der Waals surface area contributed by atoms with Crippen molar-refractivity contribution < 1.29 is 23.1 Å². The molecule has 0 saturated heterocycles. The molecule has 0 fully saturated rings. The molecule has 8 nitrogen and oxygen atoms in total. The zero-order valence-corrected chi connectivity index (χ0v) is 16.9. The minimum Gasteiger partial charge on any atom is -0.505 e. The van der Waals surface area contributed by atoms with E-state index >= 15 is 0 Å². The summed E-state index contributed by atoms with van der Waals surface area (Å²) in [6.07, 6.45) is 2.93. The van der Waals surface area contributed by atoms with Crippen LogP contribution in [0.2, 0.25) is 0 Å². The Hall–Kier alpha value is -3.98. The van der Waals surface area contributed by atoms with Gasteiger partial charge in [-0.3, -0.25) is 14.6 Å². The molecular weight excluding hydrogens is 418 g/mol. The Kier molecular flexibility index (Phi) is 5.26. The fourth-order valence-corrected chi connectivity index (χ4v) is 4.87. The standard InChI is InChI=1S/C22H17N3O5S/c26-19(24-16-9-6-12-23-13-16)14-25-20(21(27)15-7-2-1-3-8-15)22(28)17-10-4-5-11-18(17)31(25,29)30/h1-13,27H,14H2,(H,24,26)/b21-20+. The number of aliphatic hydroxyl groups excluding tert-OH is 1. The Balaban J connectivity index is 1.83. The molecule has 0 saturated carbocycles. The zero-order valence-electron chi connectivity index (χ0n) is 16.1. The highest BCUT2D eigenvalue weighted by atomic mass is 32.2. The van der Waals surface area contributed by atoms with Crippen LogP contribution in [-0.2, 0) is 14.8 Å². The molecule has 0 spiro atoms. The van der Waals surface area contributed by atoms with Gasteiger partial charge in [-0.2, -0.15) is 0 Å². The minimum absolute atomic E-state index is 0.0658. The van der Waals surface area contributed by atoms with Crippen LogP contribution in [-0.4, -0.2) is 41.0 Å². The summed E-state index contributed by atoms with van der Waals surface area (Å²) in [5.74, 6) is -1.92. The van der Waals surface area contributed by atoms with Crippen LogP contribution >= 0.6 is 0 Å². The summed E-state index contributed by atoms with van der Waals surface area (Å²) in [4.78, 5) is 29.5. The van der Waals surface area contributed by atoms with Crippen molar-refractivity contribution in [2.24, 2.45) is 0 Å². The topological polar surface area (TPSA) is 117 Å². The van der Waals surface area contributed by atoms with Gasteiger partial charge in [0.25, 0.3) is 10.0 Å². The first-order chi connectivity index (χ1) is 14.9. The van der Waals surface area contributed by atoms with Crippen LogP contribution in [0.4, 0.5) is 5.69 Å². The predicted octanol–water partition coefficient (Wildman–Crippen LogP) is 2.83. The number of aliphatic hydroxyl groups is 1. The van der Waals surface area contributed by atoms with Gasteiger partial charge in [-0.05, 0) is 24.3 Å². The van der Waals surface area contributed by atoms with Gasteiger partial charge in [0, 0.05) is 17.3 Å². The van der Waals surface area contributed by atoms with Crippen LogP contribution < -0.4 is 5.32 Å². The van der Waals surface area contributed by atoms with Crippen molar-refractivity contribution >= 4 is 33.2 Å². The summed E-state index contributed by atoms with van der Waals surface area (Å²) >= 11 is 0. The number of rotatable bonds is 4. The third-order valence-corrected chi connectivity index (χ3v) is 6.47. The number of amides is 1. The van der Waals surface area contributed by atoms with Crippen LogP contribution in [0.15, 0.2) is 89.7 Å². The zero-order chi connectivity index (χ0) is 22.0. The van der Waals surface area contributed by atoms with E-state index in [1.165, 1.54) is 48.8 Å². The van der Waals surface area contributed by atoms with Crippen LogP contribution in [0.1, 0.15) is 15.9 Å². The number of sulfonamides is 1. The summed E-state index contributed by atoms with van der Waals surface area (Å²) in [6, 6.07) is 17.0. The van der Waals surface area contributed by atoms with E-state index in [2.05, 4.69) is 10.3 Å². The van der Waals surface area contributed by atoms with Crippen molar-refractivity contribution in [2.45, 2.75) is 4.90 Å². The average molecular weight is 435 g/mol.